The summed E-state index contributed by atoms with van der Waals surface area (Å²) >= 11 is 5.91. The Kier molecular flexibility index (Phi) is 7.54. The highest BCUT2D eigenvalue weighted by atomic mass is 35.5. The van der Waals surface area contributed by atoms with Crippen molar-refractivity contribution in [2.24, 2.45) is 0 Å². The van der Waals surface area contributed by atoms with Crippen molar-refractivity contribution in [1.82, 2.24) is 10.2 Å². The number of nitrogens with one attached hydrogen (secondary N) is 2. The number of carbonyl (C=O) groups is 1. The maximum Gasteiger partial charge on any atom is 0.267 e. The van der Waals surface area contributed by atoms with Gasteiger partial charge in [-0.05, 0) is 31.2 Å². The van der Waals surface area contributed by atoms with Crippen molar-refractivity contribution in [2.75, 3.05) is 50.4 Å². The molecular formula is C17H22ClN5O2. The number of nitrogen functional groups attached to an aromatic ring is 1. The molecule has 1 aromatic rings. The number of rotatable bonds is 7. The molecule has 1 aliphatic heterocycles. The van der Waals surface area contributed by atoms with E-state index in [9.17, 15) is 4.79 Å². The van der Waals surface area contributed by atoms with Crippen molar-refractivity contribution in [3.8, 4) is 6.07 Å². The molecule has 4 N–H and O–H groups in total. The number of amides is 1. The summed E-state index contributed by atoms with van der Waals surface area (Å²) in [6.07, 6.45) is 2.36. The van der Waals surface area contributed by atoms with Crippen LogP contribution >= 0.6 is 11.6 Å². The molecule has 8 heteroatoms. The van der Waals surface area contributed by atoms with Crippen LogP contribution in [0.3, 0.4) is 0 Å². The lowest BCUT2D eigenvalue weighted by atomic mass is 10.2. The monoisotopic (exact) mass is 363 g/mol. The van der Waals surface area contributed by atoms with Crippen LogP contribution in [0.5, 0.6) is 0 Å². The molecule has 1 amide bonds. The largest absolute Gasteiger partial charge is 0.398 e. The molecule has 1 fully saturated rings. The van der Waals surface area contributed by atoms with Gasteiger partial charge in [-0.15, -0.1) is 0 Å². The minimum absolute atomic E-state index is 0.000630. The van der Waals surface area contributed by atoms with Gasteiger partial charge < -0.3 is 21.1 Å². The average molecular weight is 364 g/mol. The lowest BCUT2D eigenvalue weighted by Gasteiger charge is -2.26. The van der Waals surface area contributed by atoms with E-state index in [0.717, 1.165) is 39.3 Å². The molecule has 1 aromatic carbocycles. The van der Waals surface area contributed by atoms with E-state index in [1.54, 1.807) is 18.2 Å². The third-order valence-corrected chi connectivity index (χ3v) is 4.10. The van der Waals surface area contributed by atoms with Gasteiger partial charge in [0.05, 0.1) is 23.9 Å². The Morgan fingerprint density at radius 2 is 2.20 bits per heavy atom. The maximum absolute atomic E-state index is 12.1. The second-order valence-electron chi connectivity index (χ2n) is 5.62. The summed E-state index contributed by atoms with van der Waals surface area (Å²) in [6, 6.07) is 6.66. The number of halogens is 1. The van der Waals surface area contributed by atoms with Gasteiger partial charge in [0, 0.05) is 31.5 Å². The zero-order valence-electron chi connectivity index (χ0n) is 13.9. The van der Waals surface area contributed by atoms with Gasteiger partial charge in [-0.25, -0.2) is 0 Å². The van der Waals surface area contributed by atoms with Crippen LogP contribution < -0.4 is 16.4 Å². The van der Waals surface area contributed by atoms with Gasteiger partial charge >= 0.3 is 0 Å². The van der Waals surface area contributed by atoms with Crippen LogP contribution in [0.15, 0.2) is 30.0 Å². The van der Waals surface area contributed by atoms with E-state index in [1.807, 2.05) is 6.07 Å². The van der Waals surface area contributed by atoms with Crippen LogP contribution in [0.2, 0.25) is 5.02 Å². The fourth-order valence-corrected chi connectivity index (χ4v) is 2.54. The third-order valence-electron chi connectivity index (χ3n) is 3.77. The van der Waals surface area contributed by atoms with E-state index < -0.39 is 5.91 Å². The van der Waals surface area contributed by atoms with Gasteiger partial charge in [0.1, 0.15) is 11.6 Å². The molecule has 1 aliphatic rings. The summed E-state index contributed by atoms with van der Waals surface area (Å²) in [6.45, 7) is 5.10. The van der Waals surface area contributed by atoms with Crippen LogP contribution in [-0.4, -0.2) is 50.2 Å². The van der Waals surface area contributed by atoms with Gasteiger partial charge in [-0.1, -0.05) is 11.6 Å². The van der Waals surface area contributed by atoms with Crippen molar-refractivity contribution in [1.29, 1.82) is 5.26 Å². The zero-order valence-corrected chi connectivity index (χ0v) is 14.7. The van der Waals surface area contributed by atoms with Crippen LogP contribution in [0, 0.1) is 11.3 Å². The average Bonchev–Trinajstić information content (AvgIpc) is 2.62. The van der Waals surface area contributed by atoms with Crippen molar-refractivity contribution >= 4 is 28.9 Å². The number of ether oxygens (including phenoxy) is 1. The smallest absolute Gasteiger partial charge is 0.267 e. The molecule has 7 nitrogen and oxygen atoms in total. The van der Waals surface area contributed by atoms with Gasteiger partial charge in [-0.3, -0.25) is 9.69 Å². The number of carbonyl (C=O) groups excluding carboxylic acids is 1. The number of benzene rings is 1. The number of hydrogen-bond donors (Lipinski definition) is 3. The molecule has 1 heterocycles. The Morgan fingerprint density at radius 3 is 2.88 bits per heavy atom. The van der Waals surface area contributed by atoms with Gasteiger partial charge in [0.15, 0.2) is 0 Å². The molecular weight excluding hydrogens is 342 g/mol. The second kappa shape index (κ2) is 9.89. The van der Waals surface area contributed by atoms with Gasteiger partial charge in [-0.2, -0.15) is 5.26 Å². The number of nitrogens with two attached hydrogens (primary N) is 1. The molecule has 0 atom stereocenters. The predicted octanol–water partition coefficient (Wildman–Crippen LogP) is 1.58. The van der Waals surface area contributed by atoms with Crippen LogP contribution in [0.4, 0.5) is 11.4 Å². The Labute approximate surface area is 152 Å². The van der Waals surface area contributed by atoms with E-state index in [1.165, 1.54) is 6.20 Å². The van der Waals surface area contributed by atoms with Crippen molar-refractivity contribution in [2.45, 2.75) is 6.42 Å². The summed E-state index contributed by atoms with van der Waals surface area (Å²) in [5.74, 6) is -0.496. The maximum atomic E-state index is 12.1. The number of anilines is 2. The fourth-order valence-electron chi connectivity index (χ4n) is 2.36. The molecule has 0 radical (unpaired) electrons. The summed E-state index contributed by atoms with van der Waals surface area (Å²) in [4.78, 5) is 14.4. The summed E-state index contributed by atoms with van der Waals surface area (Å²) in [5, 5.41) is 15.1. The fraction of sp³-hybridized carbons (Fsp3) is 0.412. The Hall–Kier alpha value is -2.27. The molecule has 1 saturated heterocycles. The first-order chi connectivity index (χ1) is 12.1. The number of hydrogen-bond acceptors (Lipinski definition) is 6. The molecule has 2 rings (SSSR count). The minimum atomic E-state index is -0.496. The van der Waals surface area contributed by atoms with E-state index in [2.05, 4.69) is 15.5 Å². The van der Waals surface area contributed by atoms with Crippen LogP contribution in [0.25, 0.3) is 0 Å². The van der Waals surface area contributed by atoms with Crippen molar-refractivity contribution < 1.29 is 9.53 Å². The highest BCUT2D eigenvalue weighted by Gasteiger charge is 2.11. The standard InChI is InChI=1S/C17H22ClN5O2/c18-15-10-14(2-3-16(15)20)22-17(24)13(11-19)12-21-4-1-5-23-6-8-25-9-7-23/h2-3,10,12,21H,1,4-9,20H2,(H,22,24)/b13-12-. The van der Waals surface area contributed by atoms with E-state index in [0.29, 0.717) is 22.9 Å². The Bertz CT molecular complexity index is 665. The third kappa shape index (κ3) is 6.27. The number of nitriles is 1. The SMILES string of the molecule is N#C/C(=C/NCCCN1CCOCC1)C(=O)Nc1ccc(N)c(Cl)c1. The second-order valence-corrected chi connectivity index (χ2v) is 6.03. The van der Waals surface area contributed by atoms with Gasteiger partial charge in [0.25, 0.3) is 5.91 Å². The van der Waals surface area contributed by atoms with E-state index in [-0.39, 0.29) is 5.57 Å². The minimum Gasteiger partial charge on any atom is -0.398 e. The Morgan fingerprint density at radius 1 is 1.44 bits per heavy atom. The van der Waals surface area contributed by atoms with Gasteiger partial charge in [0.2, 0.25) is 0 Å². The molecule has 134 valence electrons. The predicted molar refractivity (Wildman–Crippen MR) is 98.1 cm³/mol. The van der Waals surface area contributed by atoms with Crippen LogP contribution in [-0.2, 0) is 9.53 Å². The molecule has 0 spiro atoms. The molecule has 0 unspecified atom stereocenters. The zero-order chi connectivity index (χ0) is 18.1. The molecule has 0 saturated carbocycles. The number of nitrogens with zero attached hydrogens (tertiary/aromatic N) is 2. The Balaban J connectivity index is 1.77. The lowest BCUT2D eigenvalue weighted by molar-refractivity contribution is -0.112. The molecule has 0 aliphatic carbocycles. The summed E-state index contributed by atoms with van der Waals surface area (Å²) < 4.78 is 5.30. The summed E-state index contributed by atoms with van der Waals surface area (Å²) in [7, 11) is 0. The first kappa shape index (κ1) is 19.1. The molecule has 0 bridgehead atoms. The molecule has 0 aromatic heterocycles. The highest BCUT2D eigenvalue weighted by Crippen LogP contribution is 2.22. The lowest BCUT2D eigenvalue weighted by Crippen LogP contribution is -2.37. The van der Waals surface area contributed by atoms with E-state index >= 15 is 0 Å². The first-order valence-corrected chi connectivity index (χ1v) is 8.48. The quantitative estimate of drug-likeness (QED) is 0.294. The van der Waals surface area contributed by atoms with Crippen LogP contribution in [0.1, 0.15) is 6.42 Å². The van der Waals surface area contributed by atoms with Crippen molar-refractivity contribution in [3.05, 3.63) is 35.0 Å². The van der Waals surface area contributed by atoms with E-state index in [4.69, 9.17) is 27.3 Å². The van der Waals surface area contributed by atoms with Crippen molar-refractivity contribution in [3.63, 3.8) is 0 Å². The first-order valence-electron chi connectivity index (χ1n) is 8.10. The summed E-state index contributed by atoms with van der Waals surface area (Å²) in [5.41, 5.74) is 6.54. The molecule has 25 heavy (non-hydrogen) atoms. The highest BCUT2D eigenvalue weighted by molar-refractivity contribution is 6.33. The normalized spacial score (nSPS) is 15.4. The topological polar surface area (TPSA) is 103 Å². The number of morpholine rings is 1.